The average Bonchev–Trinajstić information content (AvgIpc) is 2.74. The second-order valence-corrected chi connectivity index (χ2v) is 4.88. The summed E-state index contributed by atoms with van der Waals surface area (Å²) in [7, 11) is 0. The topological polar surface area (TPSA) is 85.1 Å². The molecular formula is C11H8FN3O3S. The molecule has 2 aromatic rings. The van der Waals surface area contributed by atoms with Crippen molar-refractivity contribution in [2.24, 2.45) is 0 Å². The lowest BCUT2D eigenvalue weighted by molar-refractivity contribution is -0.385. The Labute approximate surface area is 111 Å². The van der Waals surface area contributed by atoms with E-state index in [0.29, 0.717) is 5.13 Å². The van der Waals surface area contributed by atoms with Gasteiger partial charge in [0.05, 0.1) is 4.92 Å². The van der Waals surface area contributed by atoms with Crippen LogP contribution in [0.2, 0.25) is 0 Å². The highest BCUT2D eigenvalue weighted by atomic mass is 32.1. The number of amides is 1. The standard InChI is InChI=1S/C11H8FN3O3S/c1-6-5-13-11(19-6)14-10(16)8-4-7(12)2-3-9(8)15(17)18/h2-5H,1H3,(H,13,14,16). The van der Waals surface area contributed by atoms with Crippen LogP contribution in [0.4, 0.5) is 15.2 Å². The number of carbonyl (C=O) groups excluding carboxylic acids is 1. The van der Waals surface area contributed by atoms with Gasteiger partial charge < -0.3 is 0 Å². The first-order valence-electron chi connectivity index (χ1n) is 5.15. The van der Waals surface area contributed by atoms with Gasteiger partial charge in [0.25, 0.3) is 11.6 Å². The first-order chi connectivity index (χ1) is 8.97. The number of nitro groups is 1. The molecule has 1 heterocycles. The number of aromatic nitrogens is 1. The summed E-state index contributed by atoms with van der Waals surface area (Å²) in [5.41, 5.74) is -0.787. The molecule has 0 aliphatic carbocycles. The Morgan fingerprint density at radius 3 is 2.84 bits per heavy atom. The van der Waals surface area contributed by atoms with E-state index in [0.717, 1.165) is 23.1 Å². The molecule has 1 aromatic heterocycles. The predicted molar refractivity (Wildman–Crippen MR) is 67.9 cm³/mol. The van der Waals surface area contributed by atoms with Crippen LogP contribution in [0.1, 0.15) is 15.2 Å². The van der Waals surface area contributed by atoms with E-state index in [1.807, 2.05) is 0 Å². The summed E-state index contributed by atoms with van der Waals surface area (Å²) in [6, 6.07) is 2.72. The lowest BCUT2D eigenvalue weighted by Gasteiger charge is -2.03. The van der Waals surface area contributed by atoms with Gasteiger partial charge in [-0.3, -0.25) is 20.2 Å². The second kappa shape index (κ2) is 5.11. The summed E-state index contributed by atoms with van der Waals surface area (Å²) < 4.78 is 13.1. The third-order valence-electron chi connectivity index (χ3n) is 2.24. The highest BCUT2D eigenvalue weighted by Crippen LogP contribution is 2.22. The normalized spacial score (nSPS) is 10.2. The van der Waals surface area contributed by atoms with E-state index in [1.54, 1.807) is 13.1 Å². The van der Waals surface area contributed by atoms with Gasteiger partial charge in [-0.1, -0.05) is 0 Å². The fourth-order valence-electron chi connectivity index (χ4n) is 1.43. The van der Waals surface area contributed by atoms with Crippen molar-refractivity contribution in [3.05, 3.63) is 50.8 Å². The molecule has 0 aliphatic rings. The molecule has 0 aliphatic heterocycles. The van der Waals surface area contributed by atoms with Crippen molar-refractivity contribution < 1.29 is 14.1 Å². The Hall–Kier alpha value is -2.35. The number of thiazole rings is 1. The van der Waals surface area contributed by atoms with Crippen LogP contribution >= 0.6 is 11.3 Å². The fourth-order valence-corrected chi connectivity index (χ4v) is 2.09. The molecule has 2 rings (SSSR count). The Morgan fingerprint density at radius 1 is 1.53 bits per heavy atom. The number of rotatable bonds is 3. The molecular weight excluding hydrogens is 273 g/mol. The van der Waals surface area contributed by atoms with Gasteiger partial charge in [-0.2, -0.15) is 0 Å². The largest absolute Gasteiger partial charge is 0.298 e. The predicted octanol–water partition coefficient (Wildman–Crippen LogP) is 2.75. The maximum absolute atomic E-state index is 13.1. The Bertz CT molecular complexity index is 656. The number of benzene rings is 1. The summed E-state index contributed by atoms with van der Waals surface area (Å²) in [5.74, 6) is -1.48. The number of nitrogens with one attached hydrogen (secondary N) is 1. The van der Waals surface area contributed by atoms with Crippen LogP contribution in [0.5, 0.6) is 0 Å². The maximum atomic E-state index is 13.1. The molecule has 1 aromatic carbocycles. The van der Waals surface area contributed by atoms with Crippen LogP contribution in [-0.2, 0) is 0 Å². The zero-order chi connectivity index (χ0) is 14.0. The van der Waals surface area contributed by atoms with Crippen molar-refractivity contribution in [2.45, 2.75) is 6.92 Å². The van der Waals surface area contributed by atoms with Gasteiger partial charge in [0, 0.05) is 17.1 Å². The molecule has 0 atom stereocenters. The van der Waals surface area contributed by atoms with Crippen LogP contribution in [0.3, 0.4) is 0 Å². The molecule has 0 fully saturated rings. The number of halogens is 1. The number of aryl methyl sites for hydroxylation is 1. The van der Waals surface area contributed by atoms with Gasteiger partial charge in [-0.25, -0.2) is 9.37 Å². The fraction of sp³-hybridized carbons (Fsp3) is 0.0909. The van der Waals surface area contributed by atoms with Gasteiger partial charge in [0.15, 0.2) is 5.13 Å². The van der Waals surface area contributed by atoms with Gasteiger partial charge in [0.2, 0.25) is 0 Å². The zero-order valence-corrected chi connectivity index (χ0v) is 10.5. The Kier molecular flexibility index (Phi) is 3.52. The highest BCUT2D eigenvalue weighted by Gasteiger charge is 2.21. The minimum absolute atomic E-state index is 0.307. The molecule has 1 amide bonds. The summed E-state index contributed by atoms with van der Waals surface area (Å²) >= 11 is 1.22. The highest BCUT2D eigenvalue weighted by molar-refractivity contribution is 7.15. The van der Waals surface area contributed by atoms with Crippen molar-refractivity contribution in [2.75, 3.05) is 5.32 Å². The van der Waals surface area contributed by atoms with Crippen LogP contribution in [0.25, 0.3) is 0 Å². The summed E-state index contributed by atoms with van der Waals surface area (Å²) in [6.45, 7) is 1.80. The number of nitrogens with zero attached hydrogens (tertiary/aromatic N) is 2. The molecule has 0 spiro atoms. The van der Waals surface area contributed by atoms with Crippen molar-refractivity contribution in [3.63, 3.8) is 0 Å². The summed E-state index contributed by atoms with van der Waals surface area (Å²) in [4.78, 5) is 26.7. The third-order valence-corrected chi connectivity index (χ3v) is 3.07. The SMILES string of the molecule is Cc1cnc(NC(=O)c2cc(F)ccc2[N+](=O)[O-])s1. The molecule has 0 saturated carbocycles. The Balaban J connectivity index is 2.32. The number of carbonyl (C=O) groups is 1. The molecule has 98 valence electrons. The smallest absolute Gasteiger partial charge is 0.282 e. The molecule has 19 heavy (non-hydrogen) atoms. The van der Waals surface area contributed by atoms with Crippen molar-refractivity contribution in [1.82, 2.24) is 4.98 Å². The number of hydrogen-bond donors (Lipinski definition) is 1. The maximum Gasteiger partial charge on any atom is 0.282 e. The first kappa shape index (κ1) is 13.1. The first-order valence-corrected chi connectivity index (χ1v) is 5.97. The lowest BCUT2D eigenvalue weighted by atomic mass is 10.1. The molecule has 0 saturated heterocycles. The number of hydrogen-bond acceptors (Lipinski definition) is 5. The minimum atomic E-state index is -0.763. The quantitative estimate of drug-likeness (QED) is 0.692. The Morgan fingerprint density at radius 2 is 2.26 bits per heavy atom. The van der Waals surface area contributed by atoms with E-state index >= 15 is 0 Å². The van der Waals surface area contributed by atoms with Gasteiger partial charge in [-0.05, 0) is 19.1 Å². The van der Waals surface area contributed by atoms with E-state index in [2.05, 4.69) is 10.3 Å². The lowest BCUT2D eigenvalue weighted by Crippen LogP contribution is -2.14. The van der Waals surface area contributed by atoms with Crippen LogP contribution in [0.15, 0.2) is 24.4 Å². The van der Waals surface area contributed by atoms with E-state index in [-0.39, 0.29) is 5.56 Å². The average molecular weight is 281 g/mol. The number of nitro benzene ring substituents is 1. The molecule has 6 nitrogen and oxygen atoms in total. The summed E-state index contributed by atoms with van der Waals surface area (Å²) in [5, 5.41) is 13.5. The summed E-state index contributed by atoms with van der Waals surface area (Å²) in [6.07, 6.45) is 1.56. The molecule has 0 unspecified atom stereocenters. The zero-order valence-electron chi connectivity index (χ0n) is 9.71. The van der Waals surface area contributed by atoms with E-state index in [1.165, 1.54) is 11.3 Å². The van der Waals surface area contributed by atoms with Crippen molar-refractivity contribution in [3.8, 4) is 0 Å². The van der Waals surface area contributed by atoms with E-state index in [4.69, 9.17) is 0 Å². The minimum Gasteiger partial charge on any atom is -0.298 e. The molecule has 0 radical (unpaired) electrons. The molecule has 8 heteroatoms. The monoisotopic (exact) mass is 281 g/mol. The van der Waals surface area contributed by atoms with Crippen molar-refractivity contribution >= 4 is 28.1 Å². The van der Waals surface area contributed by atoms with Crippen LogP contribution in [-0.4, -0.2) is 15.8 Å². The van der Waals surface area contributed by atoms with Gasteiger partial charge >= 0.3 is 0 Å². The van der Waals surface area contributed by atoms with Gasteiger partial charge in [-0.15, -0.1) is 11.3 Å². The van der Waals surface area contributed by atoms with Gasteiger partial charge in [0.1, 0.15) is 11.4 Å². The van der Waals surface area contributed by atoms with Crippen LogP contribution < -0.4 is 5.32 Å². The third kappa shape index (κ3) is 2.91. The van der Waals surface area contributed by atoms with E-state index in [9.17, 15) is 19.3 Å². The molecule has 0 bridgehead atoms. The number of anilines is 1. The second-order valence-electron chi connectivity index (χ2n) is 3.65. The van der Waals surface area contributed by atoms with E-state index < -0.39 is 22.3 Å². The molecule has 1 N–H and O–H groups in total. The van der Waals surface area contributed by atoms with Crippen LogP contribution in [0, 0.1) is 22.9 Å². The van der Waals surface area contributed by atoms with Crippen molar-refractivity contribution in [1.29, 1.82) is 0 Å².